The normalized spacial score (nSPS) is 14.8. The largest absolute Gasteiger partial charge is 0.343 e. The summed E-state index contributed by atoms with van der Waals surface area (Å²) in [4.78, 5) is 11.1. The van der Waals surface area contributed by atoms with Gasteiger partial charge in [0.25, 0.3) is 0 Å². The van der Waals surface area contributed by atoms with E-state index in [2.05, 4.69) is 15.0 Å². The second-order valence-electron chi connectivity index (χ2n) is 2.10. The van der Waals surface area contributed by atoms with E-state index < -0.39 is 0 Å². The maximum atomic E-state index is 4.09. The van der Waals surface area contributed by atoms with Gasteiger partial charge in [-0.05, 0) is 0 Å². The number of H-pyrrole nitrogens is 1. The molecule has 0 fully saturated rings. The summed E-state index contributed by atoms with van der Waals surface area (Å²) < 4.78 is 0. The van der Waals surface area contributed by atoms with Crippen LogP contribution in [0.3, 0.4) is 0 Å². The number of nitrogens with one attached hydrogen (secondary N) is 1. The molecule has 3 nitrogen and oxygen atoms in total. The van der Waals surface area contributed by atoms with Gasteiger partial charge in [-0.25, -0.2) is 4.98 Å². The molecule has 0 amide bonds. The number of imidazole rings is 1. The number of aromatic amines is 1. The number of aliphatic imine (C=N–C) groups is 1. The molecule has 2 rings (SSSR count). The Kier molecular flexibility index (Phi) is 1.13. The van der Waals surface area contributed by atoms with Crippen LogP contribution >= 0.6 is 0 Å². The summed E-state index contributed by atoms with van der Waals surface area (Å²) in [5, 5.41) is 1.99. The van der Waals surface area contributed by atoms with Gasteiger partial charge >= 0.3 is 0 Å². The lowest BCUT2D eigenvalue weighted by atomic mass is 10.4. The van der Waals surface area contributed by atoms with Crippen molar-refractivity contribution in [2.24, 2.45) is 4.99 Å². The highest BCUT2D eigenvalue weighted by Crippen LogP contribution is 1.78. The van der Waals surface area contributed by atoms with Crippen LogP contribution in [0.4, 0.5) is 0 Å². The fourth-order valence-corrected chi connectivity index (χ4v) is 0.933. The number of nitrogens with zero attached hydrogens (tertiary/aromatic N) is 2. The fraction of sp³-hybridized carbons (Fsp3) is 0.143. The van der Waals surface area contributed by atoms with Crippen LogP contribution in [0.2, 0.25) is 0 Å². The molecule has 1 aliphatic heterocycles. The van der Waals surface area contributed by atoms with Gasteiger partial charge in [-0.3, -0.25) is 4.99 Å². The lowest BCUT2D eigenvalue weighted by Gasteiger charge is -1.71. The summed E-state index contributed by atoms with van der Waals surface area (Å²) in [5.41, 5.74) is 0. The summed E-state index contributed by atoms with van der Waals surface area (Å²) >= 11 is 0. The van der Waals surface area contributed by atoms with E-state index in [0.717, 1.165) is 17.1 Å². The molecule has 0 radical (unpaired) electrons. The van der Waals surface area contributed by atoms with Crippen LogP contribution in [0.1, 0.15) is 6.42 Å². The zero-order valence-electron chi connectivity index (χ0n) is 5.41. The molecule has 0 saturated heterocycles. The molecule has 10 heavy (non-hydrogen) atoms. The van der Waals surface area contributed by atoms with Gasteiger partial charge in [0.2, 0.25) is 0 Å². The SMILES string of the molecule is C1=NC=c2[nH]cnc2=CC1. The Balaban J connectivity index is 2.82. The van der Waals surface area contributed by atoms with Crippen molar-refractivity contribution in [2.45, 2.75) is 6.42 Å². The van der Waals surface area contributed by atoms with Crippen molar-refractivity contribution in [2.75, 3.05) is 0 Å². The van der Waals surface area contributed by atoms with Crippen LogP contribution in [-0.2, 0) is 0 Å². The molecule has 0 saturated carbocycles. The third-order valence-electron chi connectivity index (χ3n) is 1.43. The molecule has 1 N–H and O–H groups in total. The van der Waals surface area contributed by atoms with E-state index in [1.54, 1.807) is 12.5 Å². The van der Waals surface area contributed by atoms with Crippen molar-refractivity contribution >= 4 is 18.5 Å². The summed E-state index contributed by atoms with van der Waals surface area (Å²) in [7, 11) is 0. The highest BCUT2D eigenvalue weighted by Gasteiger charge is 1.87. The smallest absolute Gasteiger partial charge is 0.0932 e. The van der Waals surface area contributed by atoms with Crippen LogP contribution in [0, 0.1) is 0 Å². The summed E-state index contributed by atoms with van der Waals surface area (Å²) in [6.07, 6.45) is 8.23. The van der Waals surface area contributed by atoms with Gasteiger partial charge in [-0.2, -0.15) is 0 Å². The number of aromatic nitrogens is 2. The first-order chi connectivity index (χ1) is 4.97. The number of hydrogen-bond donors (Lipinski definition) is 1. The van der Waals surface area contributed by atoms with E-state index in [0.29, 0.717) is 0 Å². The molecule has 0 atom stereocenters. The second kappa shape index (κ2) is 2.10. The zero-order chi connectivity index (χ0) is 6.81. The Hall–Kier alpha value is -1.38. The van der Waals surface area contributed by atoms with Crippen LogP contribution in [0.25, 0.3) is 12.3 Å². The maximum absolute atomic E-state index is 4.09. The number of rotatable bonds is 0. The van der Waals surface area contributed by atoms with E-state index in [9.17, 15) is 0 Å². The predicted molar refractivity (Wildman–Crippen MR) is 39.9 cm³/mol. The van der Waals surface area contributed by atoms with E-state index in [4.69, 9.17) is 0 Å². The first-order valence-electron chi connectivity index (χ1n) is 3.18. The average Bonchev–Trinajstić information content (AvgIpc) is 2.28. The van der Waals surface area contributed by atoms with E-state index >= 15 is 0 Å². The number of fused-ring (bicyclic) bond motifs is 1. The van der Waals surface area contributed by atoms with Gasteiger partial charge in [0, 0.05) is 12.6 Å². The lowest BCUT2D eigenvalue weighted by Crippen LogP contribution is -2.23. The Morgan fingerprint density at radius 3 is 3.50 bits per heavy atom. The van der Waals surface area contributed by atoms with E-state index in [-0.39, 0.29) is 0 Å². The predicted octanol–water partition coefficient (Wildman–Crippen LogP) is -0.597. The van der Waals surface area contributed by atoms with Crippen molar-refractivity contribution in [3.63, 3.8) is 0 Å². The van der Waals surface area contributed by atoms with Crippen LogP contribution < -0.4 is 10.7 Å². The highest BCUT2D eigenvalue weighted by atomic mass is 14.9. The Morgan fingerprint density at radius 1 is 1.50 bits per heavy atom. The van der Waals surface area contributed by atoms with Crippen molar-refractivity contribution in [1.29, 1.82) is 0 Å². The van der Waals surface area contributed by atoms with E-state index in [1.807, 2.05) is 12.3 Å². The second-order valence-corrected chi connectivity index (χ2v) is 2.10. The first-order valence-corrected chi connectivity index (χ1v) is 3.18. The molecular weight excluding hydrogens is 126 g/mol. The van der Waals surface area contributed by atoms with Crippen LogP contribution in [0.15, 0.2) is 11.3 Å². The lowest BCUT2D eigenvalue weighted by molar-refractivity contribution is 1.28. The fourth-order valence-electron chi connectivity index (χ4n) is 0.933. The summed E-state index contributed by atoms with van der Waals surface area (Å²) in [5.74, 6) is 0. The Bertz CT molecular complexity index is 358. The zero-order valence-corrected chi connectivity index (χ0v) is 5.41. The van der Waals surface area contributed by atoms with Gasteiger partial charge < -0.3 is 4.98 Å². The third kappa shape index (κ3) is 0.757. The average molecular weight is 133 g/mol. The van der Waals surface area contributed by atoms with Gasteiger partial charge in [0.05, 0.1) is 23.2 Å². The third-order valence-corrected chi connectivity index (χ3v) is 1.43. The summed E-state index contributed by atoms with van der Waals surface area (Å²) in [6.45, 7) is 0. The molecule has 3 heteroatoms. The first kappa shape index (κ1) is 5.41. The quantitative estimate of drug-likeness (QED) is 0.504. The summed E-state index contributed by atoms with van der Waals surface area (Å²) in [6, 6.07) is 0. The molecular formula is C7H7N3. The van der Waals surface area contributed by atoms with Gasteiger partial charge in [-0.1, -0.05) is 6.08 Å². The Labute approximate surface area is 57.8 Å². The molecule has 1 aromatic rings. The Morgan fingerprint density at radius 2 is 2.50 bits per heavy atom. The minimum Gasteiger partial charge on any atom is -0.343 e. The van der Waals surface area contributed by atoms with E-state index in [1.165, 1.54) is 0 Å². The van der Waals surface area contributed by atoms with Crippen LogP contribution in [-0.4, -0.2) is 16.2 Å². The van der Waals surface area contributed by atoms with Crippen LogP contribution in [0.5, 0.6) is 0 Å². The minimum atomic E-state index is 0.869. The van der Waals surface area contributed by atoms with Crippen molar-refractivity contribution in [1.82, 2.24) is 9.97 Å². The standard InChI is InChI=1S/C7H7N3/c1-2-6-7(4-8-3-1)10-5-9-6/h2-5H,1H2,(H,9,10). The van der Waals surface area contributed by atoms with Gasteiger partial charge in [-0.15, -0.1) is 0 Å². The molecule has 1 aliphatic rings. The maximum Gasteiger partial charge on any atom is 0.0932 e. The monoisotopic (exact) mass is 133 g/mol. The molecule has 0 aliphatic carbocycles. The molecule has 2 heterocycles. The molecule has 0 spiro atoms. The minimum absolute atomic E-state index is 0.869. The molecule has 1 aromatic heterocycles. The van der Waals surface area contributed by atoms with Gasteiger partial charge in [0.1, 0.15) is 0 Å². The molecule has 0 unspecified atom stereocenters. The molecule has 0 aromatic carbocycles. The highest BCUT2D eigenvalue weighted by molar-refractivity contribution is 5.68. The number of hydrogen-bond acceptors (Lipinski definition) is 2. The van der Waals surface area contributed by atoms with Crippen molar-refractivity contribution in [3.8, 4) is 0 Å². The molecule has 50 valence electrons. The topological polar surface area (TPSA) is 41.0 Å². The van der Waals surface area contributed by atoms with Crippen molar-refractivity contribution < 1.29 is 0 Å². The molecule has 0 bridgehead atoms. The van der Waals surface area contributed by atoms with Crippen molar-refractivity contribution in [3.05, 3.63) is 17.0 Å². The van der Waals surface area contributed by atoms with Gasteiger partial charge in [0.15, 0.2) is 0 Å².